The summed E-state index contributed by atoms with van der Waals surface area (Å²) in [6.07, 6.45) is 6.05. The van der Waals surface area contributed by atoms with E-state index in [4.69, 9.17) is 0 Å². The van der Waals surface area contributed by atoms with Gasteiger partial charge in [0.05, 0.1) is 0 Å². The van der Waals surface area contributed by atoms with E-state index >= 15 is 0 Å². The Labute approximate surface area is 41.9 Å². The maximum atomic E-state index is 2.99. The summed E-state index contributed by atoms with van der Waals surface area (Å²) in [6, 6.07) is 0. The maximum absolute atomic E-state index is 2.99. The van der Waals surface area contributed by atoms with Crippen molar-refractivity contribution in [2.75, 3.05) is 5.75 Å². The van der Waals surface area contributed by atoms with Crippen LogP contribution in [0.4, 0.5) is 0 Å². The highest BCUT2D eigenvalue weighted by molar-refractivity contribution is 8.01. The number of hydrogen-bond donors (Lipinski definition) is 0. The summed E-state index contributed by atoms with van der Waals surface area (Å²) in [6.45, 7) is 0. The lowest BCUT2D eigenvalue weighted by Gasteiger charge is -1.87. The highest BCUT2D eigenvalue weighted by Crippen LogP contribution is 2.04. The Bertz CT molecular complexity index is 69.9. The van der Waals surface area contributed by atoms with Crippen LogP contribution in [-0.4, -0.2) is 5.75 Å². The highest BCUT2D eigenvalue weighted by atomic mass is 32.2. The molecule has 0 aromatic heterocycles. The van der Waals surface area contributed by atoms with E-state index in [9.17, 15) is 0 Å². The van der Waals surface area contributed by atoms with Crippen LogP contribution in [0.1, 0.15) is 0 Å². The molecule has 0 saturated carbocycles. The van der Waals surface area contributed by atoms with Gasteiger partial charge in [-0.3, -0.25) is 0 Å². The lowest BCUT2D eigenvalue weighted by molar-refractivity contribution is 1.73. The van der Waals surface area contributed by atoms with Gasteiger partial charge in [0.1, 0.15) is 0 Å². The average Bonchev–Trinajstić information content (AvgIpc) is 1.72. The molecule has 31 valence electrons. The zero-order valence-corrected chi connectivity index (χ0v) is 4.16. The molecule has 0 aromatic rings. The summed E-state index contributed by atoms with van der Waals surface area (Å²) in [7, 11) is 0. The lowest BCUT2D eigenvalue weighted by Crippen LogP contribution is -1.68. The predicted octanol–water partition coefficient (Wildman–Crippen LogP) is 1.61. The summed E-state index contributed by atoms with van der Waals surface area (Å²) < 4.78 is 0. The van der Waals surface area contributed by atoms with Crippen molar-refractivity contribution >= 4 is 11.8 Å². The van der Waals surface area contributed by atoms with E-state index in [1.165, 1.54) is 0 Å². The fraction of sp³-hybridized carbons (Fsp3) is 0.200. The second kappa shape index (κ2) is 2.08. The molecule has 1 radical (unpaired) electrons. The molecule has 0 atom stereocenters. The van der Waals surface area contributed by atoms with E-state index in [0.717, 1.165) is 5.75 Å². The van der Waals surface area contributed by atoms with Crippen molar-refractivity contribution in [3.8, 4) is 0 Å². The molecule has 0 aliphatic carbocycles. The van der Waals surface area contributed by atoms with E-state index < -0.39 is 0 Å². The molecule has 0 amide bonds. The third kappa shape index (κ3) is 0.902. The fourth-order valence-electron chi connectivity index (χ4n) is 0.307. The van der Waals surface area contributed by atoms with Crippen molar-refractivity contribution < 1.29 is 0 Å². The van der Waals surface area contributed by atoms with E-state index in [1.54, 1.807) is 11.8 Å². The van der Waals surface area contributed by atoms with Crippen LogP contribution in [-0.2, 0) is 0 Å². The molecule has 1 aliphatic rings. The summed E-state index contributed by atoms with van der Waals surface area (Å²) in [5.74, 6) is 1.09. The van der Waals surface area contributed by atoms with Crippen LogP contribution in [0.25, 0.3) is 0 Å². The van der Waals surface area contributed by atoms with Crippen molar-refractivity contribution in [1.29, 1.82) is 0 Å². The molecule has 0 aromatic carbocycles. The Balaban J connectivity index is 2.46. The minimum Gasteiger partial charge on any atom is -0.121 e. The van der Waals surface area contributed by atoms with E-state index in [1.807, 2.05) is 12.2 Å². The Morgan fingerprint density at radius 3 is 2.83 bits per heavy atom. The van der Waals surface area contributed by atoms with Gasteiger partial charge < -0.3 is 0 Å². The van der Waals surface area contributed by atoms with Gasteiger partial charge in [-0.05, 0) is 6.08 Å². The highest BCUT2D eigenvalue weighted by Gasteiger charge is 1.78. The Hall–Kier alpha value is -0.170. The van der Waals surface area contributed by atoms with Crippen LogP contribution < -0.4 is 0 Å². The van der Waals surface area contributed by atoms with Gasteiger partial charge >= 0.3 is 0 Å². The van der Waals surface area contributed by atoms with Gasteiger partial charge in [0.25, 0.3) is 0 Å². The molecule has 0 unspecified atom stereocenters. The molecular weight excluding hydrogens is 92.1 g/mol. The van der Waals surface area contributed by atoms with Crippen LogP contribution in [0.2, 0.25) is 0 Å². The SMILES string of the molecule is [C]1=CC=CCS1. The van der Waals surface area contributed by atoms with Gasteiger partial charge in [-0.1, -0.05) is 12.2 Å². The van der Waals surface area contributed by atoms with Crippen LogP contribution in [0.15, 0.2) is 18.2 Å². The molecule has 1 aliphatic heterocycles. The van der Waals surface area contributed by atoms with Gasteiger partial charge in [0.2, 0.25) is 0 Å². The van der Waals surface area contributed by atoms with Crippen molar-refractivity contribution in [3.05, 3.63) is 23.6 Å². The second-order valence-electron chi connectivity index (χ2n) is 1.02. The van der Waals surface area contributed by atoms with Gasteiger partial charge in [0.15, 0.2) is 0 Å². The largest absolute Gasteiger partial charge is 0.121 e. The van der Waals surface area contributed by atoms with Crippen LogP contribution in [0.5, 0.6) is 0 Å². The van der Waals surface area contributed by atoms with Crippen molar-refractivity contribution in [3.63, 3.8) is 0 Å². The third-order valence-corrected chi connectivity index (χ3v) is 1.23. The molecular formula is C5H5S. The minimum absolute atomic E-state index is 1.09. The van der Waals surface area contributed by atoms with E-state index in [0.29, 0.717) is 0 Å². The molecule has 6 heavy (non-hydrogen) atoms. The molecule has 0 spiro atoms. The molecule has 0 fully saturated rings. The summed E-state index contributed by atoms with van der Waals surface area (Å²) in [5.41, 5.74) is 0. The maximum Gasteiger partial charge on any atom is 0.0211 e. The summed E-state index contributed by atoms with van der Waals surface area (Å²) in [4.78, 5) is 0. The van der Waals surface area contributed by atoms with E-state index in [2.05, 4.69) is 11.5 Å². The first-order valence-corrected chi connectivity index (χ1v) is 2.84. The minimum atomic E-state index is 1.09. The molecule has 1 heteroatoms. The summed E-state index contributed by atoms with van der Waals surface area (Å²) >= 11 is 1.70. The molecule has 0 bridgehead atoms. The van der Waals surface area contributed by atoms with Crippen LogP contribution >= 0.6 is 11.8 Å². The first-order valence-electron chi connectivity index (χ1n) is 1.86. The van der Waals surface area contributed by atoms with E-state index in [-0.39, 0.29) is 0 Å². The Kier molecular flexibility index (Phi) is 1.39. The topological polar surface area (TPSA) is 0 Å². The zero-order chi connectivity index (χ0) is 4.24. The number of hydrogen-bond acceptors (Lipinski definition) is 1. The molecule has 0 saturated heterocycles. The van der Waals surface area contributed by atoms with Gasteiger partial charge in [0, 0.05) is 11.2 Å². The lowest BCUT2D eigenvalue weighted by atomic mass is 10.5. The molecule has 1 heterocycles. The Morgan fingerprint density at radius 2 is 2.67 bits per heavy atom. The quantitative estimate of drug-likeness (QED) is 0.442. The number of allylic oxidation sites excluding steroid dienone is 2. The fourth-order valence-corrected chi connectivity index (χ4v) is 0.786. The monoisotopic (exact) mass is 97.0 g/mol. The normalized spacial score (nSPS) is 18.7. The Morgan fingerprint density at radius 1 is 1.67 bits per heavy atom. The van der Waals surface area contributed by atoms with Gasteiger partial charge in [-0.25, -0.2) is 0 Å². The van der Waals surface area contributed by atoms with Gasteiger partial charge in [-0.2, -0.15) is 0 Å². The molecule has 0 N–H and O–H groups in total. The smallest absolute Gasteiger partial charge is 0.0211 e. The van der Waals surface area contributed by atoms with Gasteiger partial charge in [-0.15, -0.1) is 11.8 Å². The zero-order valence-electron chi connectivity index (χ0n) is 3.35. The predicted molar refractivity (Wildman–Crippen MR) is 29.4 cm³/mol. The number of rotatable bonds is 0. The van der Waals surface area contributed by atoms with Crippen LogP contribution in [0, 0.1) is 5.41 Å². The van der Waals surface area contributed by atoms with Crippen LogP contribution in [0.3, 0.4) is 0 Å². The van der Waals surface area contributed by atoms with Crippen molar-refractivity contribution in [1.82, 2.24) is 0 Å². The first kappa shape index (κ1) is 4.00. The number of thioether (sulfide) groups is 1. The summed E-state index contributed by atoms with van der Waals surface area (Å²) in [5, 5.41) is 2.99. The first-order chi connectivity index (χ1) is 3.00. The second-order valence-corrected chi connectivity index (χ2v) is 1.88. The molecule has 1 rings (SSSR count). The third-order valence-electron chi connectivity index (χ3n) is 0.563. The van der Waals surface area contributed by atoms with Crippen molar-refractivity contribution in [2.24, 2.45) is 0 Å². The average molecular weight is 97.2 g/mol. The standard InChI is InChI=1S/C5H5S/c1-2-4-6-5-3-1/h1-3H,4H2. The molecule has 0 nitrogen and oxygen atoms in total. The van der Waals surface area contributed by atoms with Crippen molar-refractivity contribution in [2.45, 2.75) is 0 Å².